The largest absolute Gasteiger partial charge is 0.289 e. The van der Waals surface area contributed by atoms with E-state index in [-0.39, 0.29) is 11.9 Å². The Labute approximate surface area is 142 Å². The van der Waals surface area contributed by atoms with Crippen LogP contribution in [0, 0.1) is 13.8 Å². The summed E-state index contributed by atoms with van der Waals surface area (Å²) in [6.07, 6.45) is 3.14. The van der Waals surface area contributed by atoms with Gasteiger partial charge in [-0.3, -0.25) is 20.2 Å². The van der Waals surface area contributed by atoms with Gasteiger partial charge < -0.3 is 0 Å². The molecule has 0 atom stereocenters. The van der Waals surface area contributed by atoms with Crippen LogP contribution in [0.4, 0.5) is 5.95 Å². The zero-order valence-corrected chi connectivity index (χ0v) is 13.6. The Hall–Kier alpha value is -3.62. The van der Waals surface area contributed by atoms with Gasteiger partial charge in [0.2, 0.25) is 5.95 Å². The Morgan fingerprint density at radius 3 is 2.92 bits per heavy atom. The highest BCUT2D eigenvalue weighted by molar-refractivity contribution is 6.07. The molecular weight excluding hydrogens is 320 g/mol. The maximum Gasteiger partial charge on any atom is 0.263 e. The molecular formula is C16H14N8O. The van der Waals surface area contributed by atoms with E-state index in [2.05, 4.69) is 35.6 Å². The third-order valence-electron chi connectivity index (χ3n) is 3.64. The normalized spacial score (nSPS) is 11.0. The van der Waals surface area contributed by atoms with Crippen molar-refractivity contribution >= 4 is 17.5 Å². The maximum atomic E-state index is 12.5. The predicted octanol–water partition coefficient (Wildman–Crippen LogP) is 1.78. The number of aromatic amines is 1. The van der Waals surface area contributed by atoms with Gasteiger partial charge in [-0.1, -0.05) is 6.07 Å². The summed E-state index contributed by atoms with van der Waals surface area (Å²) in [7, 11) is 0. The average Bonchev–Trinajstić information content (AvgIpc) is 3.22. The molecule has 0 radical (unpaired) electrons. The van der Waals surface area contributed by atoms with Crippen molar-refractivity contribution < 1.29 is 4.79 Å². The molecule has 0 fully saturated rings. The van der Waals surface area contributed by atoms with Crippen molar-refractivity contribution in [2.75, 3.05) is 5.32 Å². The van der Waals surface area contributed by atoms with Gasteiger partial charge in [-0.05, 0) is 32.0 Å². The van der Waals surface area contributed by atoms with E-state index in [1.54, 1.807) is 16.8 Å². The molecule has 2 N–H and O–H groups in total. The summed E-state index contributed by atoms with van der Waals surface area (Å²) >= 11 is 0. The minimum absolute atomic E-state index is 0.161. The Morgan fingerprint density at radius 1 is 1.24 bits per heavy atom. The molecule has 0 saturated heterocycles. The molecule has 0 saturated carbocycles. The number of nitrogens with one attached hydrogen (secondary N) is 2. The molecule has 4 heterocycles. The lowest BCUT2D eigenvalue weighted by Crippen LogP contribution is -2.13. The number of aryl methyl sites for hydroxylation is 2. The molecule has 4 rings (SSSR count). The molecule has 4 aromatic rings. The molecule has 0 aromatic carbocycles. The minimum atomic E-state index is -0.376. The van der Waals surface area contributed by atoms with Crippen LogP contribution >= 0.6 is 0 Å². The first kappa shape index (κ1) is 14.9. The van der Waals surface area contributed by atoms with Crippen molar-refractivity contribution in [2.45, 2.75) is 13.8 Å². The first-order valence-corrected chi connectivity index (χ1v) is 7.59. The molecule has 1 amide bonds. The highest BCUT2D eigenvalue weighted by Crippen LogP contribution is 2.15. The molecule has 0 bridgehead atoms. The van der Waals surface area contributed by atoms with E-state index in [9.17, 15) is 4.79 Å². The Balaban J connectivity index is 1.62. The second kappa shape index (κ2) is 5.78. The van der Waals surface area contributed by atoms with Gasteiger partial charge in [-0.15, -0.1) is 5.10 Å². The number of fused-ring (bicyclic) bond motifs is 1. The third kappa shape index (κ3) is 2.71. The van der Waals surface area contributed by atoms with Gasteiger partial charge in [0.15, 0.2) is 11.5 Å². The van der Waals surface area contributed by atoms with E-state index in [4.69, 9.17) is 0 Å². The van der Waals surface area contributed by atoms with Crippen LogP contribution in [-0.2, 0) is 0 Å². The fourth-order valence-electron chi connectivity index (χ4n) is 2.53. The molecule has 0 aliphatic carbocycles. The van der Waals surface area contributed by atoms with Crippen LogP contribution in [0.2, 0.25) is 0 Å². The topological polar surface area (TPSA) is 114 Å². The van der Waals surface area contributed by atoms with E-state index in [0.717, 1.165) is 11.4 Å². The number of pyridine rings is 1. The fourth-order valence-corrected chi connectivity index (χ4v) is 2.53. The third-order valence-corrected chi connectivity index (χ3v) is 3.64. The Kier molecular flexibility index (Phi) is 3.46. The summed E-state index contributed by atoms with van der Waals surface area (Å²) in [5, 5.41) is 13.6. The van der Waals surface area contributed by atoms with Gasteiger partial charge in [0, 0.05) is 17.6 Å². The van der Waals surface area contributed by atoms with Crippen LogP contribution in [0.25, 0.3) is 17.2 Å². The van der Waals surface area contributed by atoms with Crippen molar-refractivity contribution in [1.29, 1.82) is 0 Å². The summed E-state index contributed by atoms with van der Waals surface area (Å²) in [6.45, 7) is 3.78. The molecule has 124 valence electrons. The number of amides is 1. The molecule has 0 spiro atoms. The molecule has 25 heavy (non-hydrogen) atoms. The molecule has 0 aliphatic rings. The summed E-state index contributed by atoms with van der Waals surface area (Å²) in [6, 6.07) is 7.35. The van der Waals surface area contributed by atoms with Gasteiger partial charge in [-0.25, -0.2) is 9.50 Å². The van der Waals surface area contributed by atoms with Gasteiger partial charge in [0.05, 0.1) is 6.20 Å². The second-order valence-electron chi connectivity index (χ2n) is 5.51. The number of hydrogen-bond acceptors (Lipinski definition) is 6. The van der Waals surface area contributed by atoms with Crippen molar-refractivity contribution in [1.82, 2.24) is 34.8 Å². The Bertz CT molecular complexity index is 1070. The lowest BCUT2D eigenvalue weighted by Gasteiger charge is -2.02. The number of carbonyl (C=O) groups is 1. The average molecular weight is 334 g/mol. The highest BCUT2D eigenvalue weighted by Gasteiger charge is 2.17. The number of nitrogens with zero attached hydrogens (tertiary/aromatic N) is 6. The first-order chi connectivity index (χ1) is 12.1. The van der Waals surface area contributed by atoms with Crippen LogP contribution in [0.5, 0.6) is 0 Å². The molecule has 9 heteroatoms. The molecule has 0 aliphatic heterocycles. The lowest BCUT2D eigenvalue weighted by molar-refractivity contribution is 0.102. The summed E-state index contributed by atoms with van der Waals surface area (Å²) in [5.41, 5.74) is 3.21. The monoisotopic (exact) mass is 334 g/mol. The number of anilines is 1. The number of aromatic nitrogens is 7. The molecule has 0 unspecified atom stereocenters. The minimum Gasteiger partial charge on any atom is -0.289 e. The van der Waals surface area contributed by atoms with E-state index in [0.29, 0.717) is 22.7 Å². The fraction of sp³-hybridized carbons (Fsp3) is 0.125. The zero-order valence-electron chi connectivity index (χ0n) is 13.6. The summed E-state index contributed by atoms with van der Waals surface area (Å²) in [4.78, 5) is 25.4. The van der Waals surface area contributed by atoms with Crippen molar-refractivity contribution in [3.05, 3.63) is 53.6 Å². The second-order valence-corrected chi connectivity index (χ2v) is 5.51. The van der Waals surface area contributed by atoms with Crippen LogP contribution in [0.3, 0.4) is 0 Å². The Morgan fingerprint density at radius 2 is 2.12 bits per heavy atom. The standard InChI is InChI=1S/C16H14N8O/c1-9-7-10(2)24-14(19-9)11(8-18-24)15(25)21-16-20-13(22-23-16)12-5-3-4-6-17-12/h3-8H,1-2H3,(H2,20,21,22,23,25). The van der Waals surface area contributed by atoms with Gasteiger partial charge >= 0.3 is 0 Å². The van der Waals surface area contributed by atoms with Crippen LogP contribution in [0.15, 0.2) is 36.7 Å². The number of carbonyl (C=O) groups excluding carboxylic acids is 1. The van der Waals surface area contributed by atoms with E-state index in [1.165, 1.54) is 6.20 Å². The van der Waals surface area contributed by atoms with Crippen molar-refractivity contribution in [3.8, 4) is 11.5 Å². The number of rotatable bonds is 3. The summed E-state index contributed by atoms with van der Waals surface area (Å²) < 4.78 is 1.62. The molecule has 9 nitrogen and oxygen atoms in total. The predicted molar refractivity (Wildman–Crippen MR) is 90.0 cm³/mol. The highest BCUT2D eigenvalue weighted by atomic mass is 16.1. The van der Waals surface area contributed by atoms with Gasteiger partial charge in [0.25, 0.3) is 5.91 Å². The van der Waals surface area contributed by atoms with Gasteiger partial charge in [0.1, 0.15) is 11.3 Å². The maximum absolute atomic E-state index is 12.5. The van der Waals surface area contributed by atoms with Crippen molar-refractivity contribution in [2.24, 2.45) is 0 Å². The SMILES string of the molecule is Cc1cc(C)n2ncc(C(=O)Nc3n[nH]c(-c4ccccn4)n3)c2n1. The van der Waals surface area contributed by atoms with Crippen LogP contribution in [0.1, 0.15) is 21.7 Å². The van der Waals surface area contributed by atoms with E-state index >= 15 is 0 Å². The first-order valence-electron chi connectivity index (χ1n) is 7.59. The van der Waals surface area contributed by atoms with E-state index in [1.807, 2.05) is 32.0 Å². The smallest absolute Gasteiger partial charge is 0.263 e. The van der Waals surface area contributed by atoms with Crippen LogP contribution < -0.4 is 5.32 Å². The molecule has 4 aromatic heterocycles. The summed E-state index contributed by atoms with van der Waals surface area (Å²) in [5.74, 6) is 0.258. The van der Waals surface area contributed by atoms with Gasteiger partial charge in [-0.2, -0.15) is 10.1 Å². The zero-order chi connectivity index (χ0) is 17.4. The number of H-pyrrole nitrogens is 1. The van der Waals surface area contributed by atoms with Crippen LogP contribution in [-0.4, -0.2) is 40.7 Å². The van der Waals surface area contributed by atoms with E-state index < -0.39 is 0 Å². The van der Waals surface area contributed by atoms with Crippen molar-refractivity contribution in [3.63, 3.8) is 0 Å². The quantitative estimate of drug-likeness (QED) is 0.590. The lowest BCUT2D eigenvalue weighted by atomic mass is 10.3. The number of hydrogen-bond donors (Lipinski definition) is 2.